The second-order valence-corrected chi connectivity index (χ2v) is 7.10. The number of carbonyl (C=O) groups excluding carboxylic acids is 1. The molecule has 112 valence electrons. The monoisotopic (exact) mass is 304 g/mol. The van der Waals surface area contributed by atoms with Crippen molar-refractivity contribution in [3.05, 3.63) is 12.7 Å². The highest BCUT2D eigenvalue weighted by molar-refractivity contribution is 7.87. The number of carbonyl (C=O) groups is 1. The van der Waals surface area contributed by atoms with Crippen LogP contribution >= 0.6 is 0 Å². The summed E-state index contributed by atoms with van der Waals surface area (Å²) in [6, 6.07) is 0. The number of aliphatic hydroxyl groups excluding tert-OH is 1. The van der Waals surface area contributed by atoms with Crippen molar-refractivity contribution < 1.29 is 32.0 Å². The summed E-state index contributed by atoms with van der Waals surface area (Å²) in [7, 11) is -3.65. The first-order valence-electron chi connectivity index (χ1n) is 6.46. The van der Waals surface area contributed by atoms with Crippen molar-refractivity contribution >= 4 is 16.1 Å². The van der Waals surface area contributed by atoms with E-state index in [4.69, 9.17) is 18.8 Å². The Morgan fingerprint density at radius 3 is 2.95 bits per heavy atom. The Balaban J connectivity index is 1.64. The number of ether oxygens (including phenoxy) is 2. The fraction of sp³-hybridized carbons (Fsp3) is 0.750. The summed E-state index contributed by atoms with van der Waals surface area (Å²) < 4.78 is 38.8. The molecule has 20 heavy (non-hydrogen) atoms. The van der Waals surface area contributed by atoms with Crippen molar-refractivity contribution in [2.24, 2.45) is 11.8 Å². The minimum absolute atomic E-state index is 0.0283. The molecule has 0 aromatic carbocycles. The number of fused-ring (bicyclic) bond motifs is 1. The molecule has 3 aliphatic rings. The average molecular weight is 304 g/mol. The maximum Gasteiger partial charge on any atom is 0.332 e. The molecular weight excluding hydrogens is 288 g/mol. The molecule has 1 saturated heterocycles. The lowest BCUT2D eigenvalue weighted by Crippen LogP contribution is -2.40. The number of hydrogen-bond acceptors (Lipinski definition) is 7. The topological polar surface area (TPSA) is 99.1 Å². The van der Waals surface area contributed by atoms with Gasteiger partial charge in [0.2, 0.25) is 0 Å². The van der Waals surface area contributed by atoms with E-state index in [1.165, 1.54) is 0 Å². The third-order valence-electron chi connectivity index (χ3n) is 4.23. The summed E-state index contributed by atoms with van der Waals surface area (Å²) in [6.07, 6.45) is 0.289. The molecule has 1 aliphatic heterocycles. The van der Waals surface area contributed by atoms with Gasteiger partial charge in [-0.15, -0.1) is 0 Å². The lowest BCUT2D eigenvalue weighted by Gasteiger charge is -2.24. The highest BCUT2D eigenvalue weighted by Gasteiger charge is 2.66. The maximum absolute atomic E-state index is 11.9. The Hall–Kier alpha value is -0.960. The molecule has 0 amide bonds. The van der Waals surface area contributed by atoms with Gasteiger partial charge < -0.3 is 14.6 Å². The van der Waals surface area contributed by atoms with E-state index < -0.39 is 40.3 Å². The minimum atomic E-state index is -3.65. The van der Waals surface area contributed by atoms with Crippen molar-refractivity contribution in [2.75, 3.05) is 6.61 Å². The van der Waals surface area contributed by atoms with Crippen molar-refractivity contribution in [3.8, 4) is 0 Å². The molecule has 8 heteroatoms. The number of rotatable bonds is 5. The van der Waals surface area contributed by atoms with E-state index in [0.29, 0.717) is 12.8 Å². The first-order valence-corrected chi connectivity index (χ1v) is 7.93. The van der Waals surface area contributed by atoms with E-state index in [1.54, 1.807) is 0 Å². The van der Waals surface area contributed by atoms with Gasteiger partial charge in [-0.25, -0.2) is 4.79 Å². The van der Waals surface area contributed by atoms with E-state index in [0.717, 1.165) is 6.08 Å². The summed E-state index contributed by atoms with van der Waals surface area (Å²) in [5, 5.41) is 8.35. The van der Waals surface area contributed by atoms with Crippen molar-refractivity contribution in [1.82, 2.24) is 0 Å². The molecular formula is C12H16O7S. The minimum Gasteiger partial charge on any atom is -0.459 e. The van der Waals surface area contributed by atoms with Gasteiger partial charge in [-0.3, -0.25) is 4.18 Å². The molecule has 6 unspecified atom stereocenters. The Kier molecular flexibility index (Phi) is 3.36. The van der Waals surface area contributed by atoms with Gasteiger partial charge in [0.1, 0.15) is 18.0 Å². The van der Waals surface area contributed by atoms with Crippen LogP contribution in [0.5, 0.6) is 0 Å². The quantitative estimate of drug-likeness (QED) is 0.318. The van der Waals surface area contributed by atoms with Gasteiger partial charge in [0.25, 0.3) is 10.1 Å². The molecule has 0 radical (unpaired) electrons. The Morgan fingerprint density at radius 1 is 1.50 bits per heavy atom. The summed E-state index contributed by atoms with van der Waals surface area (Å²) in [5.41, 5.74) is 0. The molecule has 1 heterocycles. The third-order valence-corrected chi connectivity index (χ3v) is 6.03. The van der Waals surface area contributed by atoms with Gasteiger partial charge in [-0.05, 0) is 18.9 Å². The summed E-state index contributed by atoms with van der Waals surface area (Å²) in [6.45, 7) is 2.85. The van der Waals surface area contributed by atoms with Crippen LogP contribution in [0.3, 0.4) is 0 Å². The number of hydrogen-bond donors (Lipinski definition) is 1. The molecule has 3 rings (SSSR count). The zero-order chi connectivity index (χ0) is 14.5. The first-order chi connectivity index (χ1) is 9.42. The molecule has 2 aliphatic carbocycles. The van der Waals surface area contributed by atoms with Crippen LogP contribution in [0.1, 0.15) is 12.8 Å². The van der Waals surface area contributed by atoms with Gasteiger partial charge in [0.15, 0.2) is 6.29 Å². The van der Waals surface area contributed by atoms with Crippen LogP contribution in [0.2, 0.25) is 0 Å². The average Bonchev–Trinajstić information content (AvgIpc) is 2.96. The fourth-order valence-electron chi connectivity index (χ4n) is 3.49. The summed E-state index contributed by atoms with van der Waals surface area (Å²) in [5.74, 6) is -0.731. The molecule has 3 fully saturated rings. The molecule has 1 N–H and O–H groups in total. The molecule has 0 aromatic rings. The van der Waals surface area contributed by atoms with E-state index in [-0.39, 0.29) is 17.9 Å². The molecule has 0 spiro atoms. The highest BCUT2D eigenvalue weighted by atomic mass is 32.2. The summed E-state index contributed by atoms with van der Waals surface area (Å²) in [4.78, 5) is 11.7. The lowest BCUT2D eigenvalue weighted by molar-refractivity contribution is -0.164. The van der Waals surface area contributed by atoms with Gasteiger partial charge in [0.05, 0.1) is 6.10 Å². The van der Waals surface area contributed by atoms with Crippen LogP contribution in [0.4, 0.5) is 0 Å². The Morgan fingerprint density at radius 2 is 2.25 bits per heavy atom. The molecule has 2 bridgehead atoms. The third kappa shape index (κ3) is 2.16. The fourth-order valence-corrected chi connectivity index (χ4v) is 5.51. The van der Waals surface area contributed by atoms with Crippen LogP contribution < -0.4 is 0 Å². The molecule has 2 saturated carbocycles. The van der Waals surface area contributed by atoms with Gasteiger partial charge in [0, 0.05) is 11.8 Å². The second kappa shape index (κ2) is 4.80. The Bertz CT molecular complexity index is 526. The van der Waals surface area contributed by atoms with Crippen molar-refractivity contribution in [3.63, 3.8) is 0 Å². The predicted molar refractivity (Wildman–Crippen MR) is 65.8 cm³/mol. The van der Waals surface area contributed by atoms with E-state index in [9.17, 15) is 13.2 Å². The smallest absolute Gasteiger partial charge is 0.332 e. The number of esters is 1. The molecule has 0 aromatic heterocycles. The van der Waals surface area contributed by atoms with Crippen LogP contribution in [0, 0.1) is 11.8 Å². The highest BCUT2D eigenvalue weighted by Crippen LogP contribution is 2.55. The van der Waals surface area contributed by atoms with Crippen LogP contribution in [-0.4, -0.2) is 49.8 Å². The summed E-state index contributed by atoms with van der Waals surface area (Å²) >= 11 is 0. The SMILES string of the molecule is C=CC(O)OCC(=O)OC1C2CC3OS(=O)(=O)C1C3C2. The maximum atomic E-state index is 11.9. The van der Waals surface area contributed by atoms with Gasteiger partial charge in [-0.2, -0.15) is 8.42 Å². The van der Waals surface area contributed by atoms with E-state index >= 15 is 0 Å². The van der Waals surface area contributed by atoms with Crippen molar-refractivity contribution in [1.29, 1.82) is 0 Å². The molecule has 7 nitrogen and oxygen atoms in total. The van der Waals surface area contributed by atoms with E-state index in [1.807, 2.05) is 0 Å². The van der Waals surface area contributed by atoms with Crippen LogP contribution in [0.25, 0.3) is 0 Å². The zero-order valence-corrected chi connectivity index (χ0v) is 11.5. The van der Waals surface area contributed by atoms with Crippen LogP contribution in [-0.2, 0) is 28.6 Å². The van der Waals surface area contributed by atoms with Gasteiger partial charge in [-0.1, -0.05) is 6.58 Å². The standard InChI is InChI=1S/C12H16O7S/c1-2-9(13)17-5-10(14)18-11-6-3-7-8(4-6)19-20(15,16)12(7)11/h2,6-9,11-13H,1,3-5H2. The molecule has 6 atom stereocenters. The van der Waals surface area contributed by atoms with Crippen molar-refractivity contribution in [2.45, 2.75) is 36.6 Å². The van der Waals surface area contributed by atoms with E-state index in [2.05, 4.69) is 6.58 Å². The second-order valence-electron chi connectivity index (χ2n) is 5.38. The Labute approximate surface area is 116 Å². The number of aliphatic hydroxyl groups is 1. The normalized spacial score (nSPS) is 41.5. The lowest BCUT2D eigenvalue weighted by atomic mass is 9.95. The zero-order valence-electron chi connectivity index (χ0n) is 10.7. The largest absolute Gasteiger partial charge is 0.459 e. The predicted octanol–water partition coefficient (Wildman–Crippen LogP) is -0.444. The van der Waals surface area contributed by atoms with Crippen LogP contribution in [0.15, 0.2) is 12.7 Å². The van der Waals surface area contributed by atoms with Gasteiger partial charge >= 0.3 is 5.97 Å². The first kappa shape index (κ1) is 14.0.